The lowest BCUT2D eigenvalue weighted by atomic mass is 9.88. The van der Waals surface area contributed by atoms with Gasteiger partial charge in [0.1, 0.15) is 0 Å². The molecule has 1 saturated heterocycles. The van der Waals surface area contributed by atoms with Crippen molar-refractivity contribution in [3.05, 3.63) is 23.8 Å². The van der Waals surface area contributed by atoms with Crippen LogP contribution in [0.4, 0.5) is 5.69 Å². The average Bonchev–Trinajstić information content (AvgIpc) is 3.10. The molecule has 0 bridgehead atoms. The maximum Gasteiger partial charge on any atom is 0.241 e. The quantitative estimate of drug-likeness (QED) is 0.693. The van der Waals surface area contributed by atoms with E-state index in [2.05, 4.69) is 10.2 Å². The molecular formula is C23H34N4O4S. The Morgan fingerprint density at radius 2 is 1.78 bits per heavy atom. The number of carbonyl (C=O) groups excluding carboxylic acids is 2. The minimum atomic E-state index is -3.77. The van der Waals surface area contributed by atoms with Crippen LogP contribution in [-0.2, 0) is 26.0 Å². The molecule has 0 aromatic heterocycles. The average molecular weight is 463 g/mol. The van der Waals surface area contributed by atoms with Crippen LogP contribution in [0.1, 0.15) is 57.4 Å². The second-order valence-electron chi connectivity index (χ2n) is 9.55. The third kappa shape index (κ3) is 5.15. The Labute approximate surface area is 190 Å². The number of benzene rings is 1. The van der Waals surface area contributed by atoms with Crippen LogP contribution in [0.3, 0.4) is 0 Å². The summed E-state index contributed by atoms with van der Waals surface area (Å²) in [7, 11) is -3.77. The van der Waals surface area contributed by atoms with E-state index in [0.29, 0.717) is 13.0 Å². The molecule has 1 aromatic carbocycles. The molecule has 2 aliphatic heterocycles. The van der Waals surface area contributed by atoms with Crippen LogP contribution in [0.15, 0.2) is 23.1 Å². The van der Waals surface area contributed by atoms with E-state index in [1.165, 1.54) is 12.5 Å². The number of nitrogens with one attached hydrogen (secondary N) is 1. The molecule has 0 radical (unpaired) electrons. The highest BCUT2D eigenvalue weighted by molar-refractivity contribution is 7.89. The van der Waals surface area contributed by atoms with Gasteiger partial charge in [0.05, 0.1) is 11.4 Å². The fraction of sp³-hybridized carbons (Fsp3) is 0.652. The van der Waals surface area contributed by atoms with Crippen LogP contribution in [0.5, 0.6) is 0 Å². The number of carbonyl (C=O) groups is 2. The number of hydrogen-bond donors (Lipinski definition) is 2. The van der Waals surface area contributed by atoms with Gasteiger partial charge in [-0.1, -0.05) is 19.3 Å². The first-order valence-electron chi connectivity index (χ1n) is 11.7. The van der Waals surface area contributed by atoms with Gasteiger partial charge >= 0.3 is 0 Å². The molecule has 2 heterocycles. The van der Waals surface area contributed by atoms with Gasteiger partial charge in [-0.2, -0.15) is 0 Å². The van der Waals surface area contributed by atoms with Gasteiger partial charge in [-0.05, 0) is 62.8 Å². The van der Waals surface area contributed by atoms with E-state index >= 15 is 0 Å². The lowest BCUT2D eigenvalue weighted by Gasteiger charge is -2.34. The van der Waals surface area contributed by atoms with Crippen molar-refractivity contribution in [1.29, 1.82) is 0 Å². The Hall–Kier alpha value is -1.97. The van der Waals surface area contributed by atoms with Gasteiger partial charge in [0.25, 0.3) is 0 Å². The molecular weight excluding hydrogens is 428 g/mol. The van der Waals surface area contributed by atoms with E-state index in [0.717, 1.165) is 62.9 Å². The van der Waals surface area contributed by atoms with Crippen molar-refractivity contribution in [1.82, 2.24) is 10.2 Å². The van der Waals surface area contributed by atoms with Crippen LogP contribution < -0.4 is 15.4 Å². The van der Waals surface area contributed by atoms with Crippen LogP contribution in [0.2, 0.25) is 0 Å². The van der Waals surface area contributed by atoms with Crippen molar-refractivity contribution in [2.75, 3.05) is 24.5 Å². The number of nitrogens with zero attached hydrogens (tertiary/aromatic N) is 2. The number of nitrogens with two attached hydrogens (primary N) is 1. The van der Waals surface area contributed by atoms with E-state index < -0.39 is 10.0 Å². The van der Waals surface area contributed by atoms with E-state index in [1.807, 2.05) is 6.92 Å². The fourth-order valence-corrected chi connectivity index (χ4v) is 5.92. The van der Waals surface area contributed by atoms with E-state index in [1.54, 1.807) is 17.0 Å². The van der Waals surface area contributed by atoms with Crippen LogP contribution in [-0.4, -0.2) is 56.9 Å². The predicted octanol–water partition coefficient (Wildman–Crippen LogP) is 1.77. The molecule has 2 fully saturated rings. The van der Waals surface area contributed by atoms with Crippen LogP contribution >= 0.6 is 0 Å². The number of anilines is 1. The maximum absolute atomic E-state index is 13.1. The molecule has 3 N–H and O–H groups in total. The Morgan fingerprint density at radius 1 is 1.09 bits per heavy atom. The number of primary sulfonamides is 1. The maximum atomic E-state index is 13.1. The second kappa shape index (κ2) is 9.49. The minimum Gasteiger partial charge on any atom is -0.353 e. The summed E-state index contributed by atoms with van der Waals surface area (Å²) in [5, 5.41) is 8.48. The standard InChI is InChI=1S/C23H34N4O4S/c1-16-13-18-14-20(32(24,30)31)7-8-21(18)27(16)22(28)15-26-11-9-19(10-12-26)25-23(29)17-5-3-2-4-6-17/h7-8,14,16-17,19H,2-6,9-13,15H2,1H3,(H,25,29)(H2,24,30,31). The number of rotatable bonds is 5. The SMILES string of the molecule is CC1Cc2cc(S(N)(=O)=O)ccc2N1C(=O)CN1CCC(NC(=O)C2CCCCC2)CC1. The van der Waals surface area contributed by atoms with Crippen molar-refractivity contribution >= 4 is 27.5 Å². The first kappa shape index (κ1) is 23.2. The van der Waals surface area contributed by atoms with Gasteiger partial charge in [0.2, 0.25) is 21.8 Å². The number of fused-ring (bicyclic) bond motifs is 1. The first-order valence-corrected chi connectivity index (χ1v) is 13.3. The normalized spacial score (nSPS) is 23.2. The zero-order valence-electron chi connectivity index (χ0n) is 18.8. The summed E-state index contributed by atoms with van der Waals surface area (Å²) in [6, 6.07) is 4.89. The van der Waals surface area contributed by atoms with Crippen molar-refractivity contribution < 1.29 is 18.0 Å². The Balaban J connectivity index is 1.30. The summed E-state index contributed by atoms with van der Waals surface area (Å²) in [6.45, 7) is 3.85. The number of piperidine rings is 1. The third-order valence-electron chi connectivity index (χ3n) is 7.13. The summed E-state index contributed by atoms with van der Waals surface area (Å²) in [5.74, 6) is 0.403. The zero-order chi connectivity index (χ0) is 22.9. The Kier molecular flexibility index (Phi) is 6.88. The lowest BCUT2D eigenvalue weighted by Crippen LogP contribution is -2.49. The number of hydrogen-bond acceptors (Lipinski definition) is 5. The smallest absolute Gasteiger partial charge is 0.241 e. The molecule has 4 rings (SSSR count). The van der Waals surface area contributed by atoms with Crippen molar-refractivity contribution in [3.63, 3.8) is 0 Å². The number of sulfonamides is 1. The molecule has 1 atom stereocenters. The molecule has 176 valence electrons. The summed E-state index contributed by atoms with van der Waals surface area (Å²) in [6.07, 6.45) is 7.88. The zero-order valence-corrected chi connectivity index (χ0v) is 19.6. The Morgan fingerprint density at radius 3 is 2.44 bits per heavy atom. The summed E-state index contributed by atoms with van der Waals surface area (Å²) >= 11 is 0. The van der Waals surface area contributed by atoms with Gasteiger partial charge in [-0.3, -0.25) is 14.5 Å². The molecule has 2 amide bonds. The number of likely N-dealkylation sites (tertiary alicyclic amines) is 1. The van der Waals surface area contributed by atoms with E-state index in [9.17, 15) is 18.0 Å². The van der Waals surface area contributed by atoms with Crippen molar-refractivity contribution in [3.8, 4) is 0 Å². The molecule has 9 heteroatoms. The Bertz CT molecular complexity index is 966. The van der Waals surface area contributed by atoms with E-state index in [-0.39, 0.29) is 34.7 Å². The monoisotopic (exact) mass is 462 g/mol. The van der Waals surface area contributed by atoms with Crippen LogP contribution in [0, 0.1) is 5.92 Å². The molecule has 1 unspecified atom stereocenters. The van der Waals surface area contributed by atoms with Crippen molar-refractivity contribution in [2.24, 2.45) is 11.1 Å². The van der Waals surface area contributed by atoms with Gasteiger partial charge in [0.15, 0.2) is 0 Å². The molecule has 8 nitrogen and oxygen atoms in total. The predicted molar refractivity (Wildman–Crippen MR) is 123 cm³/mol. The van der Waals surface area contributed by atoms with Gasteiger partial charge < -0.3 is 10.2 Å². The largest absolute Gasteiger partial charge is 0.353 e. The number of amides is 2. The molecule has 32 heavy (non-hydrogen) atoms. The van der Waals surface area contributed by atoms with Gasteiger partial charge in [-0.15, -0.1) is 0 Å². The van der Waals surface area contributed by atoms with Gasteiger partial charge in [-0.25, -0.2) is 13.6 Å². The van der Waals surface area contributed by atoms with Crippen LogP contribution in [0.25, 0.3) is 0 Å². The summed E-state index contributed by atoms with van der Waals surface area (Å²) in [5.41, 5.74) is 1.60. The first-order chi connectivity index (χ1) is 15.2. The highest BCUT2D eigenvalue weighted by Gasteiger charge is 2.33. The van der Waals surface area contributed by atoms with Gasteiger partial charge in [0, 0.05) is 36.8 Å². The highest BCUT2D eigenvalue weighted by Crippen LogP contribution is 2.34. The highest BCUT2D eigenvalue weighted by atomic mass is 32.2. The third-order valence-corrected chi connectivity index (χ3v) is 8.04. The molecule has 0 spiro atoms. The molecule has 1 aliphatic carbocycles. The second-order valence-corrected chi connectivity index (χ2v) is 11.1. The minimum absolute atomic E-state index is 0.0179. The van der Waals surface area contributed by atoms with E-state index in [4.69, 9.17) is 5.14 Å². The topological polar surface area (TPSA) is 113 Å². The molecule has 1 saturated carbocycles. The summed E-state index contributed by atoms with van der Waals surface area (Å²) in [4.78, 5) is 29.6. The van der Waals surface area contributed by atoms with Crippen molar-refractivity contribution in [2.45, 2.75) is 75.3 Å². The molecule has 3 aliphatic rings. The lowest BCUT2D eigenvalue weighted by molar-refractivity contribution is -0.127. The summed E-state index contributed by atoms with van der Waals surface area (Å²) < 4.78 is 23.3. The fourth-order valence-electron chi connectivity index (χ4n) is 5.35. The molecule has 1 aromatic rings.